The number of fused-ring (bicyclic) bond motifs is 1. The lowest BCUT2D eigenvalue weighted by atomic mass is 10.1. The summed E-state index contributed by atoms with van der Waals surface area (Å²) in [5, 5.41) is 0. The molecular weight excluding hydrogens is 433 g/mol. The Morgan fingerprint density at radius 2 is 2.00 bits per heavy atom. The summed E-state index contributed by atoms with van der Waals surface area (Å²) in [4.78, 5) is 7.50. The van der Waals surface area contributed by atoms with Gasteiger partial charge in [-0.2, -0.15) is 17.5 Å². The molecule has 4 N–H and O–H groups in total. The summed E-state index contributed by atoms with van der Waals surface area (Å²) in [6, 6.07) is 4.30. The fraction of sp³-hybridized carbons (Fsp3) is 0.368. The summed E-state index contributed by atoms with van der Waals surface area (Å²) in [5.41, 5.74) is 11.9. The van der Waals surface area contributed by atoms with Crippen LogP contribution in [-0.4, -0.2) is 46.2 Å². The molecule has 0 unspecified atom stereocenters. The average Bonchev–Trinajstić information content (AvgIpc) is 3.12. The Morgan fingerprint density at radius 3 is 2.68 bits per heavy atom. The summed E-state index contributed by atoms with van der Waals surface area (Å²) in [7, 11) is -3.81. The number of alkyl halides is 3. The first-order chi connectivity index (χ1) is 14.5. The fourth-order valence-corrected chi connectivity index (χ4v) is 5.29. The van der Waals surface area contributed by atoms with E-state index in [0.717, 1.165) is 12.6 Å². The molecule has 0 spiro atoms. The van der Waals surface area contributed by atoms with Gasteiger partial charge in [0.1, 0.15) is 0 Å². The molecule has 3 heterocycles. The van der Waals surface area contributed by atoms with Crippen molar-refractivity contribution in [1.82, 2.24) is 18.7 Å². The van der Waals surface area contributed by atoms with E-state index in [-0.39, 0.29) is 34.6 Å². The summed E-state index contributed by atoms with van der Waals surface area (Å²) in [6.45, 7) is 2.32. The Morgan fingerprint density at radius 1 is 1.26 bits per heavy atom. The minimum Gasteiger partial charge on any atom is -0.381 e. The smallest absolute Gasteiger partial charge is 0.381 e. The molecule has 1 atom stereocenters. The molecule has 0 bridgehead atoms. The summed E-state index contributed by atoms with van der Waals surface area (Å²) in [6.07, 6.45) is -1.12. The first-order valence-electron chi connectivity index (χ1n) is 9.56. The van der Waals surface area contributed by atoms with Crippen LogP contribution < -0.4 is 11.5 Å². The van der Waals surface area contributed by atoms with Crippen molar-refractivity contribution in [2.45, 2.75) is 36.9 Å². The molecule has 3 aromatic rings. The highest BCUT2D eigenvalue weighted by atomic mass is 32.2. The third-order valence-corrected chi connectivity index (χ3v) is 7.21. The second-order valence-electron chi connectivity index (χ2n) is 7.59. The number of nitrogen functional groups attached to an aromatic ring is 1. The van der Waals surface area contributed by atoms with Crippen molar-refractivity contribution in [1.29, 1.82) is 0 Å². The van der Waals surface area contributed by atoms with Crippen LogP contribution in [0.2, 0.25) is 0 Å². The predicted molar refractivity (Wildman–Crippen MR) is 109 cm³/mol. The van der Waals surface area contributed by atoms with Crippen LogP contribution in [0.5, 0.6) is 0 Å². The van der Waals surface area contributed by atoms with E-state index in [4.69, 9.17) is 11.5 Å². The van der Waals surface area contributed by atoms with Crippen molar-refractivity contribution < 1.29 is 21.6 Å². The minimum absolute atomic E-state index is 0.0372. The van der Waals surface area contributed by atoms with Crippen LogP contribution >= 0.6 is 0 Å². The van der Waals surface area contributed by atoms with Crippen LogP contribution in [0, 0.1) is 6.92 Å². The standard InChI is InChI=1S/C19H21F3N6O2S/c1-11-4-5-13(31(29,30)27-6-2-3-12(23)9-27)7-14(11)15-8-25-18-17(24)26-16(10-28(15)18)19(20,21)22/h4-5,7-8,10,12H,2-3,6,9,23H2,1H3,(H2,24,26)/t12-/m1/s1. The number of piperidine rings is 1. The molecule has 1 aliphatic heterocycles. The Bertz CT molecular complexity index is 1260. The van der Waals surface area contributed by atoms with Crippen LogP contribution in [0.4, 0.5) is 19.0 Å². The zero-order valence-corrected chi connectivity index (χ0v) is 17.4. The molecule has 12 heteroatoms. The Labute approximate surface area is 176 Å². The number of rotatable bonds is 3. The van der Waals surface area contributed by atoms with Gasteiger partial charge in [-0.05, 0) is 37.5 Å². The van der Waals surface area contributed by atoms with E-state index in [1.807, 2.05) is 0 Å². The summed E-state index contributed by atoms with van der Waals surface area (Å²) < 4.78 is 68.5. The third kappa shape index (κ3) is 3.86. The van der Waals surface area contributed by atoms with E-state index in [0.29, 0.717) is 24.1 Å². The second kappa shape index (κ2) is 7.46. The normalized spacial score (nSPS) is 18.5. The third-order valence-electron chi connectivity index (χ3n) is 5.35. The second-order valence-corrected chi connectivity index (χ2v) is 9.53. The van der Waals surface area contributed by atoms with Crippen LogP contribution in [0.15, 0.2) is 35.5 Å². The van der Waals surface area contributed by atoms with E-state index in [1.165, 1.54) is 27.0 Å². The van der Waals surface area contributed by atoms with Gasteiger partial charge in [-0.1, -0.05) is 6.07 Å². The van der Waals surface area contributed by atoms with Crippen molar-refractivity contribution in [2.24, 2.45) is 5.73 Å². The summed E-state index contributed by atoms with van der Waals surface area (Å²) >= 11 is 0. The molecule has 31 heavy (non-hydrogen) atoms. The molecule has 0 aliphatic carbocycles. The molecule has 2 aromatic heterocycles. The lowest BCUT2D eigenvalue weighted by Gasteiger charge is -2.30. The number of hydrogen-bond acceptors (Lipinski definition) is 6. The number of hydrogen-bond donors (Lipinski definition) is 2. The fourth-order valence-electron chi connectivity index (χ4n) is 3.73. The van der Waals surface area contributed by atoms with Crippen molar-refractivity contribution in [3.63, 3.8) is 0 Å². The van der Waals surface area contributed by atoms with Crippen molar-refractivity contribution in [3.05, 3.63) is 41.9 Å². The van der Waals surface area contributed by atoms with Gasteiger partial charge >= 0.3 is 6.18 Å². The maximum Gasteiger partial charge on any atom is 0.434 e. The quantitative estimate of drug-likeness (QED) is 0.627. The van der Waals surface area contributed by atoms with Gasteiger partial charge in [0.25, 0.3) is 0 Å². The number of benzene rings is 1. The maximum atomic E-state index is 13.2. The number of nitrogens with two attached hydrogens (primary N) is 2. The number of anilines is 1. The van der Waals surface area contributed by atoms with Gasteiger partial charge in [-0.15, -0.1) is 0 Å². The maximum absolute atomic E-state index is 13.2. The molecule has 1 aliphatic rings. The molecule has 4 rings (SSSR count). The van der Waals surface area contributed by atoms with E-state index >= 15 is 0 Å². The lowest BCUT2D eigenvalue weighted by molar-refractivity contribution is -0.141. The molecule has 0 radical (unpaired) electrons. The average molecular weight is 454 g/mol. The first-order valence-corrected chi connectivity index (χ1v) is 11.0. The molecule has 0 saturated carbocycles. The van der Waals surface area contributed by atoms with Gasteiger partial charge in [0, 0.05) is 30.9 Å². The van der Waals surface area contributed by atoms with Crippen molar-refractivity contribution >= 4 is 21.5 Å². The molecule has 1 aromatic carbocycles. The number of aromatic nitrogens is 3. The van der Waals surface area contributed by atoms with Crippen LogP contribution in [0.1, 0.15) is 24.1 Å². The zero-order chi connectivity index (χ0) is 22.6. The van der Waals surface area contributed by atoms with E-state index in [2.05, 4.69) is 9.97 Å². The number of imidazole rings is 1. The molecule has 0 amide bonds. The molecular formula is C19H21F3N6O2S. The number of nitrogens with zero attached hydrogens (tertiary/aromatic N) is 4. The SMILES string of the molecule is Cc1ccc(S(=O)(=O)N2CCC[C@@H](N)C2)cc1-c1cnc2c(N)nc(C(F)(F)F)cn12. The monoisotopic (exact) mass is 454 g/mol. The number of halogens is 3. The Kier molecular flexibility index (Phi) is 5.18. The van der Waals surface area contributed by atoms with Gasteiger partial charge < -0.3 is 11.5 Å². The first kappa shape index (κ1) is 21.5. The largest absolute Gasteiger partial charge is 0.434 e. The highest BCUT2D eigenvalue weighted by Crippen LogP contribution is 2.33. The van der Waals surface area contributed by atoms with Gasteiger partial charge in [-0.3, -0.25) is 4.40 Å². The lowest BCUT2D eigenvalue weighted by Crippen LogP contribution is -2.45. The van der Waals surface area contributed by atoms with Gasteiger partial charge in [0.2, 0.25) is 10.0 Å². The molecule has 1 fully saturated rings. The van der Waals surface area contributed by atoms with Gasteiger partial charge in [-0.25, -0.2) is 18.4 Å². The summed E-state index contributed by atoms with van der Waals surface area (Å²) in [5.74, 6) is -0.371. The highest BCUT2D eigenvalue weighted by Gasteiger charge is 2.34. The van der Waals surface area contributed by atoms with Gasteiger partial charge in [0.15, 0.2) is 17.2 Å². The van der Waals surface area contributed by atoms with Crippen molar-refractivity contribution in [2.75, 3.05) is 18.8 Å². The zero-order valence-electron chi connectivity index (χ0n) is 16.6. The Hall–Kier alpha value is -2.70. The minimum atomic E-state index is -4.70. The van der Waals surface area contributed by atoms with Crippen LogP contribution in [0.3, 0.4) is 0 Å². The van der Waals surface area contributed by atoms with Crippen molar-refractivity contribution in [3.8, 4) is 11.3 Å². The Balaban J connectivity index is 1.84. The van der Waals surface area contributed by atoms with Crippen LogP contribution in [0.25, 0.3) is 16.9 Å². The number of sulfonamides is 1. The topological polar surface area (TPSA) is 120 Å². The number of aryl methyl sites for hydroxylation is 1. The van der Waals surface area contributed by atoms with Crippen LogP contribution in [-0.2, 0) is 16.2 Å². The van der Waals surface area contributed by atoms with E-state index in [9.17, 15) is 21.6 Å². The highest BCUT2D eigenvalue weighted by molar-refractivity contribution is 7.89. The van der Waals surface area contributed by atoms with E-state index < -0.39 is 21.9 Å². The van der Waals surface area contributed by atoms with Gasteiger partial charge in [0.05, 0.1) is 16.8 Å². The molecule has 166 valence electrons. The van der Waals surface area contributed by atoms with E-state index in [1.54, 1.807) is 13.0 Å². The predicted octanol–water partition coefficient (Wildman–Crippen LogP) is 2.42. The molecule has 1 saturated heterocycles. The molecule has 8 nitrogen and oxygen atoms in total.